The van der Waals surface area contributed by atoms with Gasteiger partial charge < -0.3 is 19.9 Å². The first-order valence-corrected chi connectivity index (χ1v) is 8.66. The molecule has 25 heavy (non-hydrogen) atoms. The van der Waals surface area contributed by atoms with Crippen LogP contribution < -0.4 is 19.9 Å². The van der Waals surface area contributed by atoms with Crippen molar-refractivity contribution in [2.75, 3.05) is 50.1 Å². The van der Waals surface area contributed by atoms with Crippen LogP contribution in [-0.4, -0.2) is 50.7 Å². The second kappa shape index (κ2) is 8.18. The van der Waals surface area contributed by atoms with Crippen LogP contribution in [0.5, 0.6) is 5.75 Å². The number of aromatic nitrogens is 1. The van der Waals surface area contributed by atoms with Crippen LogP contribution in [0, 0.1) is 0 Å². The van der Waals surface area contributed by atoms with Crippen molar-refractivity contribution in [3.8, 4) is 5.75 Å². The van der Waals surface area contributed by atoms with Crippen molar-refractivity contribution in [3.63, 3.8) is 0 Å². The number of nitrogens with one attached hydrogen (secondary N) is 2. The van der Waals surface area contributed by atoms with E-state index in [1.807, 2.05) is 18.2 Å². The molecule has 2 N–H and O–H groups in total. The number of nitrogens with zero attached hydrogens (tertiary/aromatic N) is 2. The van der Waals surface area contributed by atoms with Gasteiger partial charge in [-0.25, -0.2) is 4.98 Å². The zero-order chi connectivity index (χ0) is 17.6. The molecule has 1 amide bonds. The highest BCUT2D eigenvalue weighted by atomic mass is 35.5. The van der Waals surface area contributed by atoms with Crippen LogP contribution in [0.15, 0.2) is 42.6 Å². The maximum atomic E-state index is 12.2. The minimum atomic E-state index is -0.0419. The molecule has 7 heteroatoms. The van der Waals surface area contributed by atoms with Crippen molar-refractivity contribution in [2.45, 2.75) is 0 Å². The molecule has 1 saturated heterocycles. The summed E-state index contributed by atoms with van der Waals surface area (Å²) in [5.41, 5.74) is 1.72. The molecule has 0 saturated carbocycles. The van der Waals surface area contributed by atoms with Crippen molar-refractivity contribution < 1.29 is 14.4 Å². The Hall–Kier alpha value is -2.31. The number of quaternary nitrogens is 1. The van der Waals surface area contributed by atoms with E-state index in [1.54, 1.807) is 25.4 Å². The van der Waals surface area contributed by atoms with E-state index in [9.17, 15) is 4.79 Å². The monoisotopic (exact) mass is 361 g/mol. The maximum absolute atomic E-state index is 12.2. The predicted molar refractivity (Wildman–Crippen MR) is 98.6 cm³/mol. The lowest BCUT2D eigenvalue weighted by Crippen LogP contribution is -3.15. The number of benzene rings is 1. The van der Waals surface area contributed by atoms with Crippen LogP contribution in [0.3, 0.4) is 0 Å². The Balaban J connectivity index is 1.50. The predicted octanol–water partition coefficient (Wildman–Crippen LogP) is 1.09. The number of anilines is 2. The highest BCUT2D eigenvalue weighted by Gasteiger charge is 2.22. The summed E-state index contributed by atoms with van der Waals surface area (Å²) in [6, 6.07) is 11.6. The van der Waals surface area contributed by atoms with Gasteiger partial charge in [-0.3, -0.25) is 4.79 Å². The molecule has 1 aromatic heterocycles. The molecule has 2 aromatic rings. The number of carbonyl (C=O) groups excluding carboxylic acids is 1. The summed E-state index contributed by atoms with van der Waals surface area (Å²) in [4.78, 5) is 19.8. The Bertz CT molecular complexity index is 733. The number of hydrogen-bond donors (Lipinski definition) is 2. The van der Waals surface area contributed by atoms with Gasteiger partial charge in [-0.2, -0.15) is 0 Å². The van der Waals surface area contributed by atoms with Crippen LogP contribution >= 0.6 is 11.6 Å². The number of ether oxygens (including phenoxy) is 1. The fourth-order valence-corrected chi connectivity index (χ4v) is 3.13. The fraction of sp³-hybridized carbons (Fsp3) is 0.333. The number of carbonyl (C=O) groups is 1. The van der Waals surface area contributed by atoms with E-state index in [2.05, 4.69) is 21.3 Å². The largest absolute Gasteiger partial charge is 0.497 e. The summed E-state index contributed by atoms with van der Waals surface area (Å²) in [6.07, 6.45) is 1.60. The van der Waals surface area contributed by atoms with Gasteiger partial charge in [0.1, 0.15) is 5.75 Å². The third kappa shape index (κ3) is 4.61. The van der Waals surface area contributed by atoms with Gasteiger partial charge in [0, 0.05) is 18.0 Å². The molecule has 1 aromatic carbocycles. The van der Waals surface area contributed by atoms with Gasteiger partial charge >= 0.3 is 0 Å². The Morgan fingerprint density at radius 3 is 2.84 bits per heavy atom. The van der Waals surface area contributed by atoms with Crippen molar-refractivity contribution in [3.05, 3.63) is 47.7 Å². The van der Waals surface area contributed by atoms with E-state index >= 15 is 0 Å². The molecule has 1 aliphatic heterocycles. The average Bonchev–Trinajstić information content (AvgIpc) is 2.64. The number of halogens is 1. The fourth-order valence-electron chi connectivity index (χ4n) is 2.97. The summed E-state index contributed by atoms with van der Waals surface area (Å²) in [6.45, 7) is 4.06. The van der Waals surface area contributed by atoms with Crippen molar-refractivity contribution in [1.82, 2.24) is 4.98 Å². The number of rotatable bonds is 5. The highest BCUT2D eigenvalue weighted by molar-refractivity contribution is 6.32. The standard InChI is InChI=1S/C18H21ClN4O2/c1-25-15-5-2-4-14(12-15)23-10-8-22(9-11-23)13-17(24)21-16-6-3-7-20-18(16)19/h2-7,12H,8-11,13H2,1H3,(H,21,24)/p+1. The maximum Gasteiger partial charge on any atom is 0.279 e. The smallest absolute Gasteiger partial charge is 0.279 e. The van der Waals surface area contributed by atoms with E-state index in [0.29, 0.717) is 17.4 Å². The minimum Gasteiger partial charge on any atom is -0.497 e. The van der Waals surface area contributed by atoms with E-state index in [1.165, 1.54) is 4.90 Å². The molecule has 0 spiro atoms. The normalized spacial score (nSPS) is 15.0. The van der Waals surface area contributed by atoms with Crippen molar-refractivity contribution in [2.24, 2.45) is 0 Å². The zero-order valence-electron chi connectivity index (χ0n) is 14.2. The Morgan fingerprint density at radius 2 is 2.12 bits per heavy atom. The molecule has 6 nitrogen and oxygen atoms in total. The lowest BCUT2D eigenvalue weighted by atomic mass is 10.2. The molecule has 2 heterocycles. The van der Waals surface area contributed by atoms with Crippen LogP contribution in [0.1, 0.15) is 0 Å². The summed E-state index contributed by atoms with van der Waals surface area (Å²) >= 11 is 5.97. The number of pyridine rings is 1. The number of hydrogen-bond acceptors (Lipinski definition) is 4. The first kappa shape index (κ1) is 17.5. The molecule has 0 radical (unpaired) electrons. The molecule has 3 rings (SSSR count). The second-order valence-corrected chi connectivity index (χ2v) is 6.36. The highest BCUT2D eigenvalue weighted by Crippen LogP contribution is 2.20. The molecule has 0 atom stereocenters. The number of piperazine rings is 1. The van der Waals surface area contributed by atoms with Crippen molar-refractivity contribution >= 4 is 28.9 Å². The molecule has 1 fully saturated rings. The Labute approximate surface area is 152 Å². The number of methoxy groups -OCH3 is 1. The third-order valence-electron chi connectivity index (χ3n) is 4.33. The van der Waals surface area contributed by atoms with E-state index in [-0.39, 0.29) is 5.91 Å². The van der Waals surface area contributed by atoms with Crippen LogP contribution in [-0.2, 0) is 4.79 Å². The topological polar surface area (TPSA) is 58.9 Å². The van der Waals surface area contributed by atoms with Crippen LogP contribution in [0.25, 0.3) is 0 Å². The van der Waals surface area contributed by atoms with Crippen LogP contribution in [0.4, 0.5) is 11.4 Å². The summed E-state index contributed by atoms with van der Waals surface area (Å²) in [5.74, 6) is 0.819. The van der Waals surface area contributed by atoms with Gasteiger partial charge in [-0.1, -0.05) is 17.7 Å². The minimum absolute atomic E-state index is 0.0419. The van der Waals surface area contributed by atoms with E-state index in [0.717, 1.165) is 37.6 Å². The molecule has 0 unspecified atom stereocenters. The molecule has 0 aliphatic carbocycles. The molecule has 132 valence electrons. The molecule has 0 bridgehead atoms. The lowest BCUT2D eigenvalue weighted by Gasteiger charge is -2.33. The molecular weight excluding hydrogens is 340 g/mol. The first-order chi connectivity index (χ1) is 12.2. The third-order valence-corrected chi connectivity index (χ3v) is 4.63. The Morgan fingerprint density at radius 1 is 1.32 bits per heavy atom. The van der Waals surface area contributed by atoms with Gasteiger partial charge in [0.05, 0.1) is 39.0 Å². The van der Waals surface area contributed by atoms with Gasteiger partial charge in [-0.05, 0) is 24.3 Å². The summed E-state index contributed by atoms with van der Waals surface area (Å²) in [7, 11) is 1.67. The van der Waals surface area contributed by atoms with Gasteiger partial charge in [0.15, 0.2) is 11.7 Å². The molecular formula is C18H22ClN4O2+. The first-order valence-electron chi connectivity index (χ1n) is 8.28. The summed E-state index contributed by atoms with van der Waals surface area (Å²) in [5, 5.41) is 3.14. The van der Waals surface area contributed by atoms with Gasteiger partial charge in [0.25, 0.3) is 5.91 Å². The second-order valence-electron chi connectivity index (χ2n) is 6.01. The van der Waals surface area contributed by atoms with E-state index in [4.69, 9.17) is 16.3 Å². The lowest BCUT2D eigenvalue weighted by molar-refractivity contribution is -0.892. The van der Waals surface area contributed by atoms with Gasteiger partial charge in [-0.15, -0.1) is 0 Å². The van der Waals surface area contributed by atoms with Crippen molar-refractivity contribution in [1.29, 1.82) is 0 Å². The number of amides is 1. The average molecular weight is 362 g/mol. The molecule has 1 aliphatic rings. The van der Waals surface area contributed by atoms with Crippen LogP contribution in [0.2, 0.25) is 5.15 Å². The Kier molecular flexibility index (Phi) is 5.73. The zero-order valence-corrected chi connectivity index (χ0v) is 14.9. The quantitative estimate of drug-likeness (QED) is 0.783. The van der Waals surface area contributed by atoms with E-state index < -0.39 is 0 Å². The SMILES string of the molecule is COc1cccc(N2CC[NH+](CC(=O)Nc3cccnc3Cl)CC2)c1. The van der Waals surface area contributed by atoms with Gasteiger partial charge in [0.2, 0.25) is 0 Å². The summed E-state index contributed by atoms with van der Waals surface area (Å²) < 4.78 is 5.28.